The first-order valence-electron chi connectivity index (χ1n) is 8.78. The lowest BCUT2D eigenvalue weighted by atomic mass is 10.2. The first-order valence-corrected chi connectivity index (χ1v) is 9.58. The number of likely N-dealkylation sites (N-methyl/N-ethyl adjacent to an activating group) is 1. The highest BCUT2D eigenvalue weighted by Gasteiger charge is 2.29. The Hall–Kier alpha value is -2.79. The van der Waals surface area contributed by atoms with Crippen molar-refractivity contribution in [3.63, 3.8) is 0 Å². The molecule has 2 aromatic rings. The second kappa shape index (κ2) is 8.93. The van der Waals surface area contributed by atoms with Crippen LogP contribution in [0.25, 0.3) is 0 Å². The highest BCUT2D eigenvalue weighted by molar-refractivity contribution is 9.10. The number of nitrogens with one attached hydrogen (secondary N) is 2. The second-order valence-electron chi connectivity index (χ2n) is 6.13. The van der Waals surface area contributed by atoms with Gasteiger partial charge in [-0.3, -0.25) is 25.8 Å². The first-order chi connectivity index (χ1) is 13.5. The van der Waals surface area contributed by atoms with Crippen LogP contribution in [0.4, 0.5) is 17.3 Å². The maximum Gasteiger partial charge on any atom is 0.355 e. The summed E-state index contributed by atoms with van der Waals surface area (Å²) in [6.45, 7) is 5.90. The lowest BCUT2D eigenvalue weighted by molar-refractivity contribution is -0.383. The molecule has 1 aliphatic heterocycles. The Morgan fingerprint density at radius 2 is 1.96 bits per heavy atom. The van der Waals surface area contributed by atoms with Crippen LogP contribution in [0.3, 0.4) is 0 Å². The molecule has 1 aromatic heterocycles. The molecule has 1 aliphatic rings. The quantitative estimate of drug-likeness (QED) is 0.508. The molecule has 1 fully saturated rings. The standard InChI is InChI=1S/C17H20BrN7O3/c1-2-23-7-9-24(10-8-23)16-14(25(27)28)15(19-11-20-16)21-22-17(26)12-5-3-4-6-13(12)18/h3-6,11H,2,7-10H2,1H3,(H,22,26)(H,19,20,21). The number of halogens is 1. The molecule has 2 heterocycles. The van der Waals surface area contributed by atoms with Gasteiger partial charge in [-0.2, -0.15) is 0 Å². The van der Waals surface area contributed by atoms with Gasteiger partial charge in [0, 0.05) is 30.7 Å². The summed E-state index contributed by atoms with van der Waals surface area (Å²) in [5, 5.41) is 11.7. The minimum Gasteiger partial charge on any atom is -0.348 e. The van der Waals surface area contributed by atoms with Crippen molar-refractivity contribution in [3.05, 3.63) is 50.7 Å². The van der Waals surface area contributed by atoms with Crippen molar-refractivity contribution in [1.29, 1.82) is 0 Å². The molecule has 2 N–H and O–H groups in total. The zero-order valence-electron chi connectivity index (χ0n) is 15.3. The minimum absolute atomic E-state index is 0.0617. The third kappa shape index (κ3) is 4.37. The maximum absolute atomic E-state index is 12.3. The minimum atomic E-state index is -0.533. The van der Waals surface area contributed by atoms with Crippen LogP contribution in [0.1, 0.15) is 17.3 Å². The molecule has 1 aromatic carbocycles. The number of nitro groups is 1. The van der Waals surface area contributed by atoms with Crippen molar-refractivity contribution in [2.24, 2.45) is 0 Å². The molecule has 28 heavy (non-hydrogen) atoms. The topological polar surface area (TPSA) is 117 Å². The van der Waals surface area contributed by atoms with Gasteiger partial charge in [0.2, 0.25) is 11.6 Å². The average Bonchev–Trinajstić information content (AvgIpc) is 2.72. The molecule has 148 valence electrons. The molecule has 0 aliphatic carbocycles. The van der Waals surface area contributed by atoms with Crippen LogP contribution in [-0.2, 0) is 0 Å². The summed E-state index contributed by atoms with van der Waals surface area (Å²) in [5.74, 6) is -0.264. The van der Waals surface area contributed by atoms with E-state index in [0.29, 0.717) is 23.1 Å². The van der Waals surface area contributed by atoms with Gasteiger partial charge >= 0.3 is 5.69 Å². The summed E-state index contributed by atoms with van der Waals surface area (Å²) in [6.07, 6.45) is 1.25. The number of carbonyl (C=O) groups is 1. The van der Waals surface area contributed by atoms with E-state index in [2.05, 4.69) is 48.6 Å². The predicted molar refractivity (Wildman–Crippen MR) is 108 cm³/mol. The molecule has 11 heteroatoms. The fourth-order valence-electron chi connectivity index (χ4n) is 2.97. The fraction of sp³-hybridized carbons (Fsp3) is 0.353. The van der Waals surface area contributed by atoms with Gasteiger partial charge in [-0.25, -0.2) is 9.97 Å². The van der Waals surface area contributed by atoms with Gasteiger partial charge in [0.05, 0.1) is 10.5 Å². The van der Waals surface area contributed by atoms with Gasteiger partial charge in [-0.15, -0.1) is 0 Å². The number of nitrogens with zero attached hydrogens (tertiary/aromatic N) is 5. The van der Waals surface area contributed by atoms with Gasteiger partial charge < -0.3 is 9.80 Å². The number of piperazine rings is 1. The zero-order valence-corrected chi connectivity index (χ0v) is 16.8. The Bertz CT molecular complexity index is 872. The smallest absolute Gasteiger partial charge is 0.348 e. The summed E-state index contributed by atoms with van der Waals surface area (Å²) in [6, 6.07) is 6.87. The molecule has 0 spiro atoms. The molecule has 0 atom stereocenters. The number of aromatic nitrogens is 2. The molecule has 1 amide bonds. The third-order valence-electron chi connectivity index (χ3n) is 4.52. The first kappa shape index (κ1) is 20.0. The maximum atomic E-state index is 12.3. The van der Waals surface area contributed by atoms with Crippen LogP contribution < -0.4 is 15.8 Å². The largest absolute Gasteiger partial charge is 0.355 e. The summed E-state index contributed by atoms with van der Waals surface area (Å²) >= 11 is 3.30. The predicted octanol–water partition coefficient (Wildman–Crippen LogP) is 2.05. The van der Waals surface area contributed by atoms with E-state index in [1.54, 1.807) is 24.3 Å². The van der Waals surface area contributed by atoms with Gasteiger partial charge in [-0.1, -0.05) is 19.1 Å². The second-order valence-corrected chi connectivity index (χ2v) is 6.99. The molecule has 0 radical (unpaired) electrons. The molecule has 1 saturated heterocycles. The number of carbonyl (C=O) groups excluding carboxylic acids is 1. The van der Waals surface area contributed by atoms with E-state index in [0.717, 1.165) is 19.6 Å². The Balaban J connectivity index is 1.79. The van der Waals surface area contributed by atoms with Crippen molar-refractivity contribution in [3.8, 4) is 0 Å². The van der Waals surface area contributed by atoms with Gasteiger partial charge in [0.25, 0.3) is 5.91 Å². The molecular formula is C17H20BrN7O3. The van der Waals surface area contributed by atoms with E-state index in [4.69, 9.17) is 0 Å². The normalized spacial score (nSPS) is 14.6. The van der Waals surface area contributed by atoms with Crippen molar-refractivity contribution >= 4 is 39.2 Å². The van der Waals surface area contributed by atoms with E-state index in [9.17, 15) is 14.9 Å². The Morgan fingerprint density at radius 1 is 1.25 bits per heavy atom. The fourth-order valence-corrected chi connectivity index (χ4v) is 3.43. The Labute approximate surface area is 170 Å². The van der Waals surface area contributed by atoms with E-state index in [1.165, 1.54) is 6.33 Å². The van der Waals surface area contributed by atoms with E-state index in [1.807, 2.05) is 4.90 Å². The number of anilines is 2. The van der Waals surface area contributed by atoms with E-state index >= 15 is 0 Å². The van der Waals surface area contributed by atoms with Gasteiger partial charge in [0.1, 0.15) is 6.33 Å². The van der Waals surface area contributed by atoms with E-state index in [-0.39, 0.29) is 17.3 Å². The molecule has 3 rings (SSSR count). The average molecular weight is 450 g/mol. The highest BCUT2D eigenvalue weighted by Crippen LogP contribution is 2.32. The summed E-state index contributed by atoms with van der Waals surface area (Å²) in [5.41, 5.74) is 5.15. The van der Waals surface area contributed by atoms with Crippen molar-refractivity contribution < 1.29 is 9.72 Å². The number of rotatable bonds is 6. The van der Waals surface area contributed by atoms with Crippen molar-refractivity contribution in [2.75, 3.05) is 43.0 Å². The van der Waals surface area contributed by atoms with Crippen molar-refractivity contribution in [2.45, 2.75) is 6.92 Å². The van der Waals surface area contributed by atoms with Crippen LogP contribution in [-0.4, -0.2) is 58.4 Å². The Morgan fingerprint density at radius 3 is 2.61 bits per heavy atom. The van der Waals surface area contributed by atoms with Crippen LogP contribution in [0.15, 0.2) is 35.1 Å². The lowest BCUT2D eigenvalue weighted by Gasteiger charge is -2.34. The van der Waals surface area contributed by atoms with Crippen LogP contribution in [0.2, 0.25) is 0 Å². The lowest BCUT2D eigenvalue weighted by Crippen LogP contribution is -2.46. The van der Waals surface area contributed by atoms with Crippen molar-refractivity contribution in [1.82, 2.24) is 20.3 Å². The molecule has 0 unspecified atom stereocenters. The molecule has 0 saturated carbocycles. The van der Waals surface area contributed by atoms with Gasteiger partial charge in [-0.05, 0) is 34.6 Å². The Kier molecular flexibility index (Phi) is 6.37. The highest BCUT2D eigenvalue weighted by atomic mass is 79.9. The van der Waals surface area contributed by atoms with Crippen LogP contribution in [0.5, 0.6) is 0 Å². The monoisotopic (exact) mass is 449 g/mol. The summed E-state index contributed by atoms with van der Waals surface area (Å²) in [4.78, 5) is 35.7. The third-order valence-corrected chi connectivity index (χ3v) is 5.21. The number of hydrogen-bond acceptors (Lipinski definition) is 8. The summed E-state index contributed by atoms with van der Waals surface area (Å²) < 4.78 is 0.612. The number of hydrazine groups is 1. The van der Waals surface area contributed by atoms with Crippen LogP contribution >= 0.6 is 15.9 Å². The summed E-state index contributed by atoms with van der Waals surface area (Å²) in [7, 11) is 0. The van der Waals surface area contributed by atoms with Crippen LogP contribution in [0, 0.1) is 10.1 Å². The van der Waals surface area contributed by atoms with E-state index < -0.39 is 10.8 Å². The molecule has 10 nitrogen and oxygen atoms in total. The zero-order chi connectivity index (χ0) is 20.1. The number of benzene rings is 1. The molecular weight excluding hydrogens is 430 g/mol. The number of hydrogen-bond donors (Lipinski definition) is 2. The molecule has 0 bridgehead atoms. The number of amides is 1. The SMILES string of the molecule is CCN1CCN(c2ncnc(NNC(=O)c3ccccc3Br)c2[N+](=O)[O-])CC1. The van der Waals surface area contributed by atoms with Gasteiger partial charge in [0.15, 0.2) is 0 Å².